The van der Waals surface area contributed by atoms with Gasteiger partial charge in [0.25, 0.3) is 0 Å². The van der Waals surface area contributed by atoms with Crippen molar-refractivity contribution in [3.8, 4) is 5.75 Å². The lowest BCUT2D eigenvalue weighted by Crippen LogP contribution is -2.41. The number of carbonyl (C=O) groups excluding carboxylic acids is 1. The minimum absolute atomic E-state index is 0.109. The summed E-state index contributed by atoms with van der Waals surface area (Å²) in [5.74, 6) is -0.784. The van der Waals surface area contributed by atoms with Gasteiger partial charge in [-0.15, -0.1) is 0 Å². The number of nitrogens with zero attached hydrogens (tertiary/aromatic N) is 1. The van der Waals surface area contributed by atoms with Crippen LogP contribution < -0.4 is 4.74 Å². The quantitative estimate of drug-likeness (QED) is 0.602. The predicted octanol–water partition coefficient (Wildman–Crippen LogP) is 2.43. The van der Waals surface area contributed by atoms with E-state index in [9.17, 15) is 26.7 Å². The Hall–Kier alpha value is -1.73. The monoisotopic (exact) mass is 241 g/mol. The highest BCUT2D eigenvalue weighted by Gasteiger charge is 2.61. The number of aromatic nitrogens is 1. The number of hydrogen-bond acceptors (Lipinski definition) is 3. The first kappa shape index (κ1) is 12.3. The maximum absolute atomic E-state index is 12.4. The number of pyridine rings is 1. The number of carbonyl (C=O) groups is 1. The van der Waals surface area contributed by atoms with E-state index in [4.69, 9.17) is 0 Å². The highest BCUT2D eigenvalue weighted by Crippen LogP contribution is 2.36. The van der Waals surface area contributed by atoms with Crippen LogP contribution >= 0.6 is 0 Å². The maximum Gasteiger partial charge on any atom is 0.499 e. The number of rotatable bonds is 3. The van der Waals surface area contributed by atoms with Crippen molar-refractivity contribution in [2.75, 3.05) is 0 Å². The Morgan fingerprint density at radius 2 is 1.81 bits per heavy atom. The van der Waals surface area contributed by atoms with Gasteiger partial charge in [-0.25, -0.2) is 4.98 Å². The van der Waals surface area contributed by atoms with E-state index in [-0.39, 0.29) is 5.69 Å². The zero-order chi connectivity index (χ0) is 12.4. The van der Waals surface area contributed by atoms with Crippen molar-refractivity contribution in [2.45, 2.75) is 12.3 Å². The summed E-state index contributed by atoms with van der Waals surface area (Å²) in [4.78, 5) is 13.4. The Kier molecular flexibility index (Phi) is 3.11. The van der Waals surface area contributed by atoms with Crippen LogP contribution in [0.4, 0.5) is 22.0 Å². The first-order valence-electron chi connectivity index (χ1n) is 3.81. The second kappa shape index (κ2) is 4.03. The van der Waals surface area contributed by atoms with Crippen LogP contribution in [-0.4, -0.2) is 23.6 Å². The minimum atomic E-state index is -5.81. The van der Waals surface area contributed by atoms with Gasteiger partial charge < -0.3 is 4.74 Å². The molecule has 0 N–H and O–H groups in total. The summed E-state index contributed by atoms with van der Waals surface area (Å²) in [6.45, 7) is 0. The highest BCUT2D eigenvalue weighted by atomic mass is 19.4. The lowest BCUT2D eigenvalue weighted by molar-refractivity contribution is -0.360. The van der Waals surface area contributed by atoms with E-state index in [2.05, 4.69) is 9.72 Å². The molecule has 1 heterocycles. The van der Waals surface area contributed by atoms with E-state index in [0.29, 0.717) is 12.5 Å². The minimum Gasteiger partial charge on any atom is -0.424 e. The summed E-state index contributed by atoms with van der Waals surface area (Å²) in [6, 6.07) is 1.74. The van der Waals surface area contributed by atoms with Crippen LogP contribution in [0, 0.1) is 0 Å². The first-order valence-corrected chi connectivity index (χ1v) is 3.81. The second-order valence-corrected chi connectivity index (χ2v) is 2.65. The van der Waals surface area contributed by atoms with Crippen molar-refractivity contribution in [3.05, 3.63) is 24.0 Å². The molecule has 1 aromatic rings. The Morgan fingerprint density at radius 1 is 1.19 bits per heavy atom. The molecule has 0 atom stereocenters. The lowest BCUT2D eigenvalue weighted by atomic mass is 10.3. The van der Waals surface area contributed by atoms with Gasteiger partial charge in [-0.1, -0.05) is 0 Å². The Labute approximate surface area is 85.8 Å². The van der Waals surface area contributed by atoms with Crippen molar-refractivity contribution >= 4 is 6.29 Å². The Bertz CT molecular complexity index is 373. The molecule has 16 heavy (non-hydrogen) atoms. The molecule has 0 saturated carbocycles. The van der Waals surface area contributed by atoms with Crippen LogP contribution in [0.1, 0.15) is 10.5 Å². The standard InChI is InChI=1S/C8H4F5NO2/c9-7(10,11)8(12,13)16-6-2-1-5(4-15)14-3-6/h1-4H. The van der Waals surface area contributed by atoms with Gasteiger partial charge in [0.1, 0.15) is 11.4 Å². The molecule has 88 valence electrons. The average Bonchev–Trinajstić information content (AvgIpc) is 2.16. The van der Waals surface area contributed by atoms with Crippen molar-refractivity contribution < 1.29 is 31.5 Å². The van der Waals surface area contributed by atoms with Crippen LogP contribution in [0.2, 0.25) is 0 Å². The topological polar surface area (TPSA) is 39.2 Å². The zero-order valence-electron chi connectivity index (χ0n) is 7.46. The van der Waals surface area contributed by atoms with Crippen LogP contribution in [0.25, 0.3) is 0 Å². The Balaban J connectivity index is 2.84. The largest absolute Gasteiger partial charge is 0.499 e. The molecule has 0 aliphatic rings. The summed E-state index contributed by atoms with van der Waals surface area (Å²) >= 11 is 0. The fourth-order valence-electron chi connectivity index (χ4n) is 0.728. The van der Waals surface area contributed by atoms with Gasteiger partial charge in [0.05, 0.1) is 6.20 Å². The van der Waals surface area contributed by atoms with Gasteiger partial charge in [0.2, 0.25) is 0 Å². The van der Waals surface area contributed by atoms with Gasteiger partial charge in [0, 0.05) is 0 Å². The van der Waals surface area contributed by atoms with E-state index >= 15 is 0 Å². The number of ether oxygens (including phenoxy) is 1. The maximum atomic E-state index is 12.4. The molecule has 3 nitrogen and oxygen atoms in total. The van der Waals surface area contributed by atoms with Crippen LogP contribution in [-0.2, 0) is 0 Å². The fourth-order valence-corrected chi connectivity index (χ4v) is 0.728. The highest BCUT2D eigenvalue weighted by molar-refractivity contribution is 5.71. The van der Waals surface area contributed by atoms with Crippen LogP contribution in [0.3, 0.4) is 0 Å². The summed E-state index contributed by atoms with van der Waals surface area (Å²) < 4.78 is 63.3. The smallest absolute Gasteiger partial charge is 0.424 e. The van der Waals surface area contributed by atoms with Crippen molar-refractivity contribution in [1.29, 1.82) is 0 Å². The van der Waals surface area contributed by atoms with Gasteiger partial charge >= 0.3 is 12.3 Å². The molecular formula is C8H4F5NO2. The average molecular weight is 241 g/mol. The summed E-state index contributed by atoms with van der Waals surface area (Å²) in [6.07, 6.45) is -10.2. The van der Waals surface area contributed by atoms with Crippen molar-refractivity contribution in [1.82, 2.24) is 4.98 Å². The molecule has 1 rings (SSSR count). The SMILES string of the molecule is O=Cc1ccc(OC(F)(F)C(F)(F)F)cn1. The lowest BCUT2D eigenvalue weighted by Gasteiger charge is -2.19. The molecule has 0 spiro atoms. The number of aldehydes is 1. The number of halogens is 5. The summed E-state index contributed by atoms with van der Waals surface area (Å²) in [7, 11) is 0. The molecular weight excluding hydrogens is 237 g/mol. The third-order valence-electron chi connectivity index (χ3n) is 1.46. The second-order valence-electron chi connectivity index (χ2n) is 2.65. The molecule has 0 amide bonds. The molecule has 0 aromatic carbocycles. The molecule has 1 aromatic heterocycles. The van der Waals surface area contributed by atoms with E-state index in [1.165, 1.54) is 0 Å². The van der Waals surface area contributed by atoms with Crippen molar-refractivity contribution in [2.24, 2.45) is 0 Å². The Morgan fingerprint density at radius 3 is 2.19 bits per heavy atom. The van der Waals surface area contributed by atoms with Gasteiger partial charge in [-0.05, 0) is 12.1 Å². The van der Waals surface area contributed by atoms with Crippen molar-refractivity contribution in [3.63, 3.8) is 0 Å². The summed E-state index contributed by atoms with van der Waals surface area (Å²) in [5.41, 5.74) is -0.109. The molecule has 0 fully saturated rings. The van der Waals surface area contributed by atoms with Crippen LogP contribution in [0.15, 0.2) is 18.3 Å². The van der Waals surface area contributed by atoms with E-state index in [1.807, 2.05) is 0 Å². The first-order chi connectivity index (χ1) is 7.26. The number of alkyl halides is 5. The third-order valence-corrected chi connectivity index (χ3v) is 1.46. The molecule has 0 radical (unpaired) electrons. The molecule has 0 unspecified atom stereocenters. The van der Waals surface area contributed by atoms with Gasteiger partial charge in [-0.2, -0.15) is 22.0 Å². The third kappa shape index (κ3) is 2.65. The molecule has 0 bridgehead atoms. The van der Waals surface area contributed by atoms with Gasteiger partial charge in [-0.3, -0.25) is 4.79 Å². The summed E-state index contributed by atoms with van der Waals surface area (Å²) in [5, 5.41) is 0. The molecule has 0 saturated heterocycles. The predicted molar refractivity (Wildman–Crippen MR) is 41.3 cm³/mol. The van der Waals surface area contributed by atoms with Gasteiger partial charge in [0.15, 0.2) is 6.29 Å². The molecule has 8 heteroatoms. The normalized spacial score (nSPS) is 12.3. The fraction of sp³-hybridized carbons (Fsp3) is 0.250. The zero-order valence-corrected chi connectivity index (χ0v) is 7.46. The molecule has 0 aliphatic heterocycles. The van der Waals surface area contributed by atoms with E-state index in [1.54, 1.807) is 0 Å². The van der Waals surface area contributed by atoms with E-state index in [0.717, 1.165) is 12.1 Å². The van der Waals surface area contributed by atoms with E-state index < -0.39 is 18.0 Å². The number of hydrogen-bond donors (Lipinski definition) is 0. The van der Waals surface area contributed by atoms with Crippen LogP contribution in [0.5, 0.6) is 5.75 Å². The molecule has 0 aliphatic carbocycles.